The molecule has 0 fully saturated rings. The fourth-order valence-corrected chi connectivity index (χ4v) is 2.00. The first-order valence-corrected chi connectivity index (χ1v) is 6.24. The highest BCUT2D eigenvalue weighted by Gasteiger charge is 2.14. The fraction of sp³-hybridized carbons (Fsp3) is 0. The Kier molecular flexibility index (Phi) is 4.22. The molecule has 2 aromatic carbocycles. The summed E-state index contributed by atoms with van der Waals surface area (Å²) in [5.41, 5.74) is 0.427. The van der Waals surface area contributed by atoms with Crippen LogP contribution in [0.3, 0.4) is 0 Å². The highest BCUT2D eigenvalue weighted by atomic mass is 35.5. The van der Waals surface area contributed by atoms with E-state index in [9.17, 15) is 14.9 Å². The predicted molar refractivity (Wildman–Crippen MR) is 77.5 cm³/mol. The third kappa shape index (κ3) is 3.07. The molecular weight excluding hydrogens is 303 g/mol. The van der Waals surface area contributed by atoms with Crippen LogP contribution in [0.4, 0.5) is 11.4 Å². The van der Waals surface area contributed by atoms with Gasteiger partial charge in [-0.25, -0.2) is 0 Å². The van der Waals surface area contributed by atoms with Crippen molar-refractivity contribution >= 4 is 40.5 Å². The fourth-order valence-electron chi connectivity index (χ4n) is 1.55. The molecule has 1 N–H and O–H groups in total. The molecule has 2 aromatic rings. The second-order valence-electron chi connectivity index (χ2n) is 3.86. The number of hydrogen-bond donors (Lipinski definition) is 1. The predicted octanol–water partition coefficient (Wildman–Crippen LogP) is 4.15. The lowest BCUT2D eigenvalue weighted by molar-refractivity contribution is -0.384. The molecule has 0 bridgehead atoms. The summed E-state index contributed by atoms with van der Waals surface area (Å²) in [5.74, 6) is -0.439. The minimum Gasteiger partial charge on any atom is -0.321 e. The molecule has 0 aliphatic heterocycles. The van der Waals surface area contributed by atoms with E-state index in [0.717, 1.165) is 0 Å². The zero-order valence-electron chi connectivity index (χ0n) is 9.97. The number of anilines is 1. The summed E-state index contributed by atoms with van der Waals surface area (Å²) >= 11 is 11.8. The first-order valence-electron chi connectivity index (χ1n) is 5.49. The maximum atomic E-state index is 12.0. The van der Waals surface area contributed by atoms with E-state index in [1.165, 1.54) is 18.2 Å². The molecular formula is C13H8Cl2N2O3. The molecule has 0 unspecified atom stereocenters. The summed E-state index contributed by atoms with van der Waals surface area (Å²) in [7, 11) is 0. The van der Waals surface area contributed by atoms with E-state index >= 15 is 0 Å². The Morgan fingerprint density at radius 1 is 1.10 bits per heavy atom. The quantitative estimate of drug-likeness (QED) is 0.683. The molecule has 5 nitrogen and oxygen atoms in total. The van der Waals surface area contributed by atoms with Gasteiger partial charge in [0.2, 0.25) is 0 Å². The molecule has 0 aliphatic rings. The van der Waals surface area contributed by atoms with Gasteiger partial charge < -0.3 is 5.32 Å². The number of hydrogen-bond acceptors (Lipinski definition) is 3. The highest BCUT2D eigenvalue weighted by Crippen LogP contribution is 2.27. The van der Waals surface area contributed by atoms with Gasteiger partial charge in [0.15, 0.2) is 0 Å². The summed E-state index contributed by atoms with van der Waals surface area (Å²) in [6.07, 6.45) is 0. The summed E-state index contributed by atoms with van der Waals surface area (Å²) in [6, 6.07) is 10.3. The van der Waals surface area contributed by atoms with Gasteiger partial charge in [0.1, 0.15) is 0 Å². The van der Waals surface area contributed by atoms with Gasteiger partial charge >= 0.3 is 0 Å². The summed E-state index contributed by atoms with van der Waals surface area (Å²) in [6.45, 7) is 0. The van der Waals surface area contributed by atoms with E-state index in [-0.39, 0.29) is 16.4 Å². The van der Waals surface area contributed by atoms with Gasteiger partial charge in [-0.15, -0.1) is 0 Å². The Bertz CT molecular complexity index is 689. The largest absolute Gasteiger partial charge is 0.321 e. The number of amides is 1. The van der Waals surface area contributed by atoms with Crippen molar-refractivity contribution in [3.05, 3.63) is 68.2 Å². The topological polar surface area (TPSA) is 72.2 Å². The van der Waals surface area contributed by atoms with Gasteiger partial charge in [0, 0.05) is 12.1 Å². The number of carbonyl (C=O) groups is 1. The lowest BCUT2D eigenvalue weighted by Crippen LogP contribution is -2.12. The van der Waals surface area contributed by atoms with Gasteiger partial charge in [-0.1, -0.05) is 35.3 Å². The van der Waals surface area contributed by atoms with Crippen molar-refractivity contribution in [3.8, 4) is 0 Å². The summed E-state index contributed by atoms with van der Waals surface area (Å²) in [4.78, 5) is 22.0. The molecule has 0 spiro atoms. The number of halogens is 2. The number of nitrogens with zero attached hydrogens (tertiary/aromatic N) is 1. The van der Waals surface area contributed by atoms with Crippen LogP contribution in [0.25, 0.3) is 0 Å². The normalized spacial score (nSPS) is 10.1. The minimum atomic E-state index is -0.564. The standard InChI is InChI=1S/C13H8Cl2N2O3/c14-10-4-2-1-3-9(10)13(18)16-12-6-5-8(17(19)20)7-11(12)15/h1-7H,(H,16,18). The van der Waals surface area contributed by atoms with Gasteiger partial charge in [0.25, 0.3) is 11.6 Å². The molecule has 0 radical (unpaired) electrons. The molecule has 7 heteroatoms. The van der Waals surface area contributed by atoms with Crippen LogP contribution in [0.15, 0.2) is 42.5 Å². The number of nitro groups is 1. The number of carbonyl (C=O) groups excluding carboxylic acids is 1. The van der Waals surface area contributed by atoms with Crippen LogP contribution in [0.2, 0.25) is 10.0 Å². The maximum Gasteiger partial charge on any atom is 0.271 e. The Hall–Kier alpha value is -2.11. The number of non-ortho nitro benzene ring substituents is 1. The first kappa shape index (κ1) is 14.3. The summed E-state index contributed by atoms with van der Waals surface area (Å²) in [5, 5.41) is 13.5. The van der Waals surface area contributed by atoms with E-state index < -0.39 is 10.8 Å². The lowest BCUT2D eigenvalue weighted by atomic mass is 10.2. The van der Waals surface area contributed by atoms with Crippen LogP contribution in [-0.2, 0) is 0 Å². The Labute approximate surface area is 124 Å². The molecule has 2 rings (SSSR count). The zero-order chi connectivity index (χ0) is 14.7. The van der Waals surface area contributed by atoms with Crippen LogP contribution in [0, 0.1) is 10.1 Å². The van der Waals surface area contributed by atoms with Crippen molar-refractivity contribution in [3.63, 3.8) is 0 Å². The van der Waals surface area contributed by atoms with Gasteiger partial charge in [-0.05, 0) is 18.2 Å². The van der Waals surface area contributed by atoms with Crippen molar-refractivity contribution in [2.75, 3.05) is 5.32 Å². The monoisotopic (exact) mass is 310 g/mol. The molecule has 1 amide bonds. The van der Waals surface area contributed by atoms with Crippen molar-refractivity contribution in [2.45, 2.75) is 0 Å². The average Bonchev–Trinajstić information content (AvgIpc) is 2.41. The molecule has 0 saturated heterocycles. The van der Waals surface area contributed by atoms with E-state index in [2.05, 4.69) is 5.32 Å². The Balaban J connectivity index is 2.25. The third-order valence-electron chi connectivity index (χ3n) is 2.53. The SMILES string of the molecule is O=C(Nc1ccc([N+](=O)[O-])cc1Cl)c1ccccc1Cl. The second-order valence-corrected chi connectivity index (χ2v) is 4.67. The minimum absolute atomic E-state index is 0.0830. The van der Waals surface area contributed by atoms with Gasteiger partial charge in [-0.2, -0.15) is 0 Å². The van der Waals surface area contributed by atoms with Crippen LogP contribution >= 0.6 is 23.2 Å². The number of nitrogens with one attached hydrogen (secondary N) is 1. The van der Waals surface area contributed by atoms with Gasteiger partial charge in [0.05, 0.1) is 26.2 Å². The molecule has 0 saturated carbocycles. The third-order valence-corrected chi connectivity index (χ3v) is 3.17. The van der Waals surface area contributed by atoms with E-state index in [1.807, 2.05) is 0 Å². The molecule has 102 valence electrons. The van der Waals surface area contributed by atoms with Crippen LogP contribution in [0.1, 0.15) is 10.4 Å². The number of nitro benzene ring substituents is 1. The zero-order valence-corrected chi connectivity index (χ0v) is 11.5. The van der Waals surface area contributed by atoms with Crippen LogP contribution in [0.5, 0.6) is 0 Å². The van der Waals surface area contributed by atoms with E-state index in [0.29, 0.717) is 10.6 Å². The van der Waals surface area contributed by atoms with E-state index in [1.54, 1.807) is 24.3 Å². The number of rotatable bonds is 3. The Morgan fingerprint density at radius 2 is 1.80 bits per heavy atom. The van der Waals surface area contributed by atoms with Crippen molar-refractivity contribution in [2.24, 2.45) is 0 Å². The molecule has 20 heavy (non-hydrogen) atoms. The smallest absolute Gasteiger partial charge is 0.271 e. The van der Waals surface area contributed by atoms with Crippen molar-refractivity contribution < 1.29 is 9.72 Å². The summed E-state index contributed by atoms with van der Waals surface area (Å²) < 4.78 is 0. The van der Waals surface area contributed by atoms with Crippen molar-refractivity contribution in [1.29, 1.82) is 0 Å². The average molecular weight is 311 g/mol. The molecule has 0 heterocycles. The highest BCUT2D eigenvalue weighted by molar-refractivity contribution is 6.36. The van der Waals surface area contributed by atoms with Crippen molar-refractivity contribution in [1.82, 2.24) is 0 Å². The first-order chi connectivity index (χ1) is 9.49. The molecule has 0 aromatic heterocycles. The molecule has 0 aliphatic carbocycles. The van der Waals surface area contributed by atoms with Crippen LogP contribution in [-0.4, -0.2) is 10.8 Å². The second kappa shape index (κ2) is 5.90. The lowest BCUT2D eigenvalue weighted by Gasteiger charge is -2.08. The van der Waals surface area contributed by atoms with Crippen LogP contribution < -0.4 is 5.32 Å². The Morgan fingerprint density at radius 3 is 2.40 bits per heavy atom. The molecule has 0 atom stereocenters. The number of benzene rings is 2. The van der Waals surface area contributed by atoms with Gasteiger partial charge in [-0.3, -0.25) is 14.9 Å². The van der Waals surface area contributed by atoms with E-state index in [4.69, 9.17) is 23.2 Å². The maximum absolute atomic E-state index is 12.0.